The van der Waals surface area contributed by atoms with Crippen molar-refractivity contribution in [3.05, 3.63) is 23.8 Å². The molecule has 2 atom stereocenters. The van der Waals surface area contributed by atoms with Crippen LogP contribution in [0.25, 0.3) is 0 Å². The van der Waals surface area contributed by atoms with Crippen LogP contribution < -0.4 is 15.2 Å². The minimum absolute atomic E-state index is 0.000109. The van der Waals surface area contributed by atoms with Gasteiger partial charge in [-0.05, 0) is 30.7 Å². The molecule has 0 fully saturated rings. The van der Waals surface area contributed by atoms with Gasteiger partial charge in [-0.3, -0.25) is 0 Å². The fourth-order valence-corrected chi connectivity index (χ4v) is 2.47. The molecule has 2 N–H and O–H groups in total. The normalized spacial score (nSPS) is 17.1. The van der Waals surface area contributed by atoms with Crippen molar-refractivity contribution in [2.75, 3.05) is 33.4 Å². The third-order valence-corrected chi connectivity index (χ3v) is 3.82. The molecule has 1 aromatic carbocycles. The molecule has 20 heavy (non-hydrogen) atoms. The number of ether oxygens (including phenoxy) is 2. The van der Waals surface area contributed by atoms with E-state index in [1.54, 1.807) is 0 Å². The molecule has 1 aromatic rings. The largest absolute Gasteiger partial charge is 0.486 e. The van der Waals surface area contributed by atoms with Gasteiger partial charge in [0.15, 0.2) is 11.5 Å². The first kappa shape index (κ1) is 15.1. The summed E-state index contributed by atoms with van der Waals surface area (Å²) < 4.78 is 11.1. The predicted octanol–water partition coefficient (Wildman–Crippen LogP) is 2.44. The van der Waals surface area contributed by atoms with E-state index >= 15 is 0 Å². The summed E-state index contributed by atoms with van der Waals surface area (Å²) >= 11 is 0. The topological polar surface area (TPSA) is 47.7 Å². The van der Waals surface area contributed by atoms with Crippen molar-refractivity contribution in [1.82, 2.24) is 4.90 Å². The highest BCUT2D eigenvalue weighted by molar-refractivity contribution is 5.44. The van der Waals surface area contributed by atoms with Gasteiger partial charge in [0.1, 0.15) is 13.2 Å². The number of nitrogens with zero attached hydrogens (tertiary/aromatic N) is 1. The Balaban J connectivity index is 1.96. The van der Waals surface area contributed by atoms with Crippen molar-refractivity contribution in [2.45, 2.75) is 26.3 Å². The molecule has 0 spiro atoms. The molecule has 0 amide bonds. The lowest BCUT2D eigenvalue weighted by Crippen LogP contribution is -2.32. The standard InChI is InChI=1S/C16H26N2O2/c1-4-12(2)10-18(3)11-14(17)13-5-6-15-16(9-13)20-8-7-19-15/h5-6,9,12,14H,4,7-8,10-11,17H2,1-3H3. The Labute approximate surface area is 121 Å². The minimum Gasteiger partial charge on any atom is -0.486 e. The second kappa shape index (κ2) is 6.95. The van der Waals surface area contributed by atoms with Gasteiger partial charge in [-0.2, -0.15) is 0 Å². The minimum atomic E-state index is -0.000109. The van der Waals surface area contributed by atoms with Gasteiger partial charge in [0.2, 0.25) is 0 Å². The average molecular weight is 278 g/mol. The molecular weight excluding hydrogens is 252 g/mol. The van der Waals surface area contributed by atoms with E-state index in [1.807, 2.05) is 18.2 Å². The Morgan fingerprint density at radius 2 is 1.90 bits per heavy atom. The van der Waals surface area contributed by atoms with Crippen LogP contribution in [0, 0.1) is 5.92 Å². The van der Waals surface area contributed by atoms with Crippen LogP contribution in [0.2, 0.25) is 0 Å². The van der Waals surface area contributed by atoms with E-state index < -0.39 is 0 Å². The monoisotopic (exact) mass is 278 g/mol. The summed E-state index contributed by atoms with van der Waals surface area (Å²) in [6, 6.07) is 6.00. The van der Waals surface area contributed by atoms with Crippen molar-refractivity contribution in [2.24, 2.45) is 11.7 Å². The van der Waals surface area contributed by atoms with Gasteiger partial charge in [0.25, 0.3) is 0 Å². The molecule has 0 saturated heterocycles. The second-order valence-electron chi connectivity index (χ2n) is 5.74. The summed E-state index contributed by atoms with van der Waals surface area (Å²) in [7, 11) is 2.13. The Kier molecular flexibility index (Phi) is 5.26. The van der Waals surface area contributed by atoms with Crippen molar-refractivity contribution in [3.63, 3.8) is 0 Å². The average Bonchev–Trinajstić information content (AvgIpc) is 2.46. The van der Waals surface area contributed by atoms with Gasteiger partial charge in [0.05, 0.1) is 0 Å². The number of benzene rings is 1. The van der Waals surface area contributed by atoms with Crippen LogP contribution >= 0.6 is 0 Å². The van der Waals surface area contributed by atoms with Crippen LogP contribution in [0.1, 0.15) is 31.9 Å². The second-order valence-corrected chi connectivity index (χ2v) is 5.74. The molecule has 1 aliphatic heterocycles. The van der Waals surface area contributed by atoms with E-state index in [2.05, 4.69) is 25.8 Å². The van der Waals surface area contributed by atoms with Crippen molar-refractivity contribution >= 4 is 0 Å². The Bertz CT molecular complexity index is 436. The zero-order valence-electron chi connectivity index (χ0n) is 12.8. The fourth-order valence-electron chi connectivity index (χ4n) is 2.47. The van der Waals surface area contributed by atoms with Crippen LogP contribution in [-0.4, -0.2) is 38.3 Å². The number of rotatable bonds is 6. The summed E-state index contributed by atoms with van der Waals surface area (Å²) in [5.74, 6) is 2.33. The zero-order valence-corrected chi connectivity index (χ0v) is 12.8. The zero-order chi connectivity index (χ0) is 14.5. The van der Waals surface area contributed by atoms with E-state index in [9.17, 15) is 0 Å². The van der Waals surface area contributed by atoms with Crippen LogP contribution in [0.3, 0.4) is 0 Å². The van der Waals surface area contributed by atoms with E-state index in [1.165, 1.54) is 6.42 Å². The summed E-state index contributed by atoms with van der Waals surface area (Å²) in [5.41, 5.74) is 7.41. The van der Waals surface area contributed by atoms with Crippen molar-refractivity contribution < 1.29 is 9.47 Å². The SMILES string of the molecule is CCC(C)CN(C)CC(N)c1ccc2c(c1)OCCO2. The van der Waals surface area contributed by atoms with Crippen LogP contribution in [0.5, 0.6) is 11.5 Å². The molecule has 1 heterocycles. The maximum absolute atomic E-state index is 6.31. The molecule has 0 aromatic heterocycles. The molecule has 4 heteroatoms. The Morgan fingerprint density at radius 3 is 2.60 bits per heavy atom. The number of nitrogens with two attached hydrogens (primary N) is 1. The van der Waals surface area contributed by atoms with Gasteiger partial charge in [-0.25, -0.2) is 0 Å². The Hall–Kier alpha value is -1.26. The number of hydrogen-bond donors (Lipinski definition) is 1. The van der Waals surface area contributed by atoms with Crippen LogP contribution in [-0.2, 0) is 0 Å². The molecule has 4 nitrogen and oxygen atoms in total. The highest BCUT2D eigenvalue weighted by Crippen LogP contribution is 2.32. The molecule has 112 valence electrons. The summed E-state index contributed by atoms with van der Waals surface area (Å²) in [6.07, 6.45) is 1.20. The summed E-state index contributed by atoms with van der Waals surface area (Å²) in [5, 5.41) is 0. The van der Waals surface area contributed by atoms with Gasteiger partial charge in [-0.1, -0.05) is 26.3 Å². The summed E-state index contributed by atoms with van der Waals surface area (Å²) in [4.78, 5) is 2.30. The van der Waals surface area contributed by atoms with Crippen LogP contribution in [0.4, 0.5) is 0 Å². The summed E-state index contributed by atoms with van der Waals surface area (Å²) in [6.45, 7) is 7.65. The molecule has 0 bridgehead atoms. The van der Waals surface area contributed by atoms with E-state index in [4.69, 9.17) is 15.2 Å². The molecular formula is C16H26N2O2. The first-order chi connectivity index (χ1) is 9.60. The highest BCUT2D eigenvalue weighted by Gasteiger charge is 2.16. The smallest absolute Gasteiger partial charge is 0.161 e. The number of hydrogen-bond acceptors (Lipinski definition) is 4. The maximum Gasteiger partial charge on any atom is 0.161 e. The lowest BCUT2D eigenvalue weighted by atomic mass is 10.0. The lowest BCUT2D eigenvalue weighted by Gasteiger charge is -2.25. The van der Waals surface area contributed by atoms with Gasteiger partial charge < -0.3 is 20.1 Å². The van der Waals surface area contributed by atoms with E-state index in [0.29, 0.717) is 19.1 Å². The van der Waals surface area contributed by atoms with E-state index in [-0.39, 0.29) is 6.04 Å². The van der Waals surface area contributed by atoms with Crippen molar-refractivity contribution in [1.29, 1.82) is 0 Å². The number of likely N-dealkylation sites (N-methyl/N-ethyl adjacent to an activating group) is 1. The molecule has 0 saturated carbocycles. The van der Waals surface area contributed by atoms with Crippen LogP contribution in [0.15, 0.2) is 18.2 Å². The maximum atomic E-state index is 6.31. The number of fused-ring (bicyclic) bond motifs is 1. The van der Waals surface area contributed by atoms with E-state index in [0.717, 1.165) is 30.2 Å². The molecule has 1 aliphatic rings. The third-order valence-electron chi connectivity index (χ3n) is 3.82. The molecule has 2 unspecified atom stereocenters. The fraction of sp³-hybridized carbons (Fsp3) is 0.625. The molecule has 0 radical (unpaired) electrons. The molecule has 2 rings (SSSR count). The van der Waals surface area contributed by atoms with Crippen molar-refractivity contribution in [3.8, 4) is 11.5 Å². The van der Waals surface area contributed by atoms with Gasteiger partial charge >= 0.3 is 0 Å². The van der Waals surface area contributed by atoms with Gasteiger partial charge in [-0.15, -0.1) is 0 Å². The highest BCUT2D eigenvalue weighted by atomic mass is 16.6. The Morgan fingerprint density at radius 1 is 1.20 bits per heavy atom. The third kappa shape index (κ3) is 3.87. The predicted molar refractivity (Wildman–Crippen MR) is 81.3 cm³/mol. The molecule has 0 aliphatic carbocycles. The van der Waals surface area contributed by atoms with Gasteiger partial charge in [0, 0.05) is 19.1 Å². The lowest BCUT2D eigenvalue weighted by molar-refractivity contribution is 0.171. The first-order valence-electron chi connectivity index (χ1n) is 7.43. The first-order valence-corrected chi connectivity index (χ1v) is 7.43. The quantitative estimate of drug-likeness (QED) is 0.868.